The van der Waals surface area contributed by atoms with Crippen LogP contribution in [0.4, 0.5) is 10.1 Å². The summed E-state index contributed by atoms with van der Waals surface area (Å²) >= 11 is 1.04. The van der Waals surface area contributed by atoms with Crippen LogP contribution in [0.2, 0.25) is 0 Å². The number of carbonyl (C=O) groups is 1. The number of methoxy groups -OCH3 is 1. The van der Waals surface area contributed by atoms with Crippen LogP contribution in [0, 0.1) is 24.6 Å². The van der Waals surface area contributed by atoms with Crippen molar-refractivity contribution in [2.24, 2.45) is 0 Å². The van der Waals surface area contributed by atoms with Gasteiger partial charge in [0.25, 0.3) is 10.0 Å². The molecule has 7 nitrogen and oxygen atoms in total. The zero-order chi connectivity index (χ0) is 21.9. The van der Waals surface area contributed by atoms with Crippen LogP contribution in [0.5, 0.6) is 5.75 Å². The van der Waals surface area contributed by atoms with Gasteiger partial charge in [0.2, 0.25) is 0 Å². The molecule has 1 heterocycles. The van der Waals surface area contributed by atoms with Gasteiger partial charge in [0.15, 0.2) is 10.0 Å². The Balaban J connectivity index is 1.86. The number of nitrogens with zero attached hydrogens (tertiary/aromatic N) is 1. The van der Waals surface area contributed by atoms with Crippen LogP contribution in [0.1, 0.15) is 26.5 Å². The molecule has 0 fully saturated rings. The van der Waals surface area contributed by atoms with Crippen molar-refractivity contribution in [3.05, 3.63) is 69.3 Å². The monoisotopic (exact) mass is 446 g/mol. The van der Waals surface area contributed by atoms with Gasteiger partial charge in [-0.25, -0.2) is 14.2 Å². The molecule has 3 rings (SSSR count). The van der Waals surface area contributed by atoms with Crippen molar-refractivity contribution in [3.63, 3.8) is 0 Å². The van der Waals surface area contributed by atoms with Gasteiger partial charge < -0.3 is 9.84 Å². The number of sulfonamides is 1. The van der Waals surface area contributed by atoms with Gasteiger partial charge in [-0.05, 0) is 31.0 Å². The van der Waals surface area contributed by atoms with Crippen LogP contribution < -0.4 is 9.46 Å². The number of hydrogen-bond acceptors (Lipinski definition) is 6. The summed E-state index contributed by atoms with van der Waals surface area (Å²) in [5.74, 6) is 2.95. The van der Waals surface area contributed by atoms with Crippen LogP contribution in [-0.2, 0) is 10.0 Å². The molecule has 0 bridgehead atoms. The van der Waals surface area contributed by atoms with E-state index < -0.39 is 27.4 Å². The number of aromatic carboxylic acids is 1. The summed E-state index contributed by atoms with van der Waals surface area (Å²) in [6.07, 6.45) is 0. The molecule has 1 aromatic heterocycles. The summed E-state index contributed by atoms with van der Waals surface area (Å²) in [6.45, 7) is 1.96. The highest BCUT2D eigenvalue weighted by atomic mass is 32.2. The van der Waals surface area contributed by atoms with Gasteiger partial charge in [0.05, 0.1) is 18.4 Å². The number of nitrogens with one attached hydrogen (secondary N) is 1. The number of carboxylic acid groups (broad SMARTS) is 1. The quantitative estimate of drug-likeness (QED) is 0.581. The maximum absolute atomic E-state index is 14.0. The van der Waals surface area contributed by atoms with E-state index in [4.69, 9.17) is 9.84 Å². The number of benzene rings is 2. The van der Waals surface area contributed by atoms with Crippen molar-refractivity contribution in [2.45, 2.75) is 11.9 Å². The first-order valence-corrected chi connectivity index (χ1v) is 10.7. The highest BCUT2D eigenvalue weighted by Gasteiger charge is 2.22. The molecule has 0 saturated heterocycles. The van der Waals surface area contributed by atoms with Crippen molar-refractivity contribution < 1.29 is 27.4 Å². The fourth-order valence-corrected chi connectivity index (χ4v) is 4.37. The molecule has 3 aromatic rings. The smallest absolute Gasteiger partial charge is 0.338 e. The number of thiazole rings is 1. The fourth-order valence-electron chi connectivity index (χ4n) is 2.37. The van der Waals surface area contributed by atoms with E-state index in [-0.39, 0.29) is 21.5 Å². The summed E-state index contributed by atoms with van der Waals surface area (Å²) in [5.41, 5.74) is 0.965. The van der Waals surface area contributed by atoms with E-state index in [1.165, 1.54) is 12.5 Å². The molecule has 0 amide bonds. The van der Waals surface area contributed by atoms with E-state index in [0.717, 1.165) is 34.6 Å². The molecular weight excluding hydrogens is 431 g/mol. The first-order chi connectivity index (χ1) is 14.2. The maximum Gasteiger partial charge on any atom is 0.338 e. The van der Waals surface area contributed by atoms with Crippen LogP contribution in [0.15, 0.2) is 46.8 Å². The molecule has 0 spiro atoms. The summed E-state index contributed by atoms with van der Waals surface area (Å²) < 4.78 is 46.4. The lowest BCUT2D eigenvalue weighted by Gasteiger charge is -2.12. The van der Waals surface area contributed by atoms with E-state index in [2.05, 4.69) is 21.5 Å². The molecule has 10 heteroatoms. The average Bonchev–Trinajstić information content (AvgIpc) is 3.17. The van der Waals surface area contributed by atoms with Gasteiger partial charge in [-0.15, -0.1) is 11.3 Å². The first-order valence-electron chi connectivity index (χ1n) is 8.37. The van der Waals surface area contributed by atoms with Crippen LogP contribution in [-0.4, -0.2) is 31.6 Å². The van der Waals surface area contributed by atoms with Crippen molar-refractivity contribution >= 4 is 33.0 Å². The van der Waals surface area contributed by atoms with Crippen LogP contribution >= 0.6 is 11.3 Å². The van der Waals surface area contributed by atoms with Crippen LogP contribution in [0.25, 0.3) is 0 Å². The second-order valence-electron chi connectivity index (χ2n) is 6.05. The lowest BCUT2D eigenvalue weighted by atomic mass is 10.2. The van der Waals surface area contributed by atoms with Gasteiger partial charge in [0.1, 0.15) is 11.6 Å². The number of aryl methyl sites for hydroxylation is 1. The lowest BCUT2D eigenvalue weighted by molar-refractivity contribution is 0.0691. The summed E-state index contributed by atoms with van der Waals surface area (Å²) in [5, 5.41) is 10.3. The molecule has 154 valence electrons. The van der Waals surface area contributed by atoms with E-state index in [9.17, 15) is 17.6 Å². The third kappa shape index (κ3) is 4.76. The number of rotatable bonds is 5. The minimum Gasteiger partial charge on any atom is -0.495 e. The third-order valence-electron chi connectivity index (χ3n) is 3.89. The Morgan fingerprint density at radius 1 is 1.23 bits per heavy atom. The second-order valence-corrected chi connectivity index (χ2v) is 8.54. The second kappa shape index (κ2) is 8.52. The Kier molecular flexibility index (Phi) is 6.05. The van der Waals surface area contributed by atoms with Crippen molar-refractivity contribution in [1.82, 2.24) is 4.98 Å². The normalized spacial score (nSPS) is 10.8. The number of halogens is 1. The molecular formula is C20H15FN2O5S2. The molecule has 0 saturated carbocycles. The van der Waals surface area contributed by atoms with Gasteiger partial charge >= 0.3 is 5.97 Å². The topological polar surface area (TPSA) is 106 Å². The predicted octanol–water partition coefficient (Wildman–Crippen LogP) is 3.50. The Hall–Kier alpha value is -3.42. The first kappa shape index (κ1) is 21.3. The zero-order valence-electron chi connectivity index (χ0n) is 15.8. The van der Waals surface area contributed by atoms with Gasteiger partial charge in [-0.3, -0.25) is 4.72 Å². The summed E-state index contributed by atoms with van der Waals surface area (Å²) in [6, 6.07) is 9.15. The van der Waals surface area contributed by atoms with Gasteiger partial charge in [0, 0.05) is 17.0 Å². The van der Waals surface area contributed by atoms with E-state index in [1.807, 2.05) is 31.2 Å². The van der Waals surface area contributed by atoms with Crippen LogP contribution in [0.3, 0.4) is 0 Å². The Morgan fingerprint density at radius 2 is 1.93 bits per heavy atom. The molecule has 0 unspecified atom stereocenters. The maximum atomic E-state index is 14.0. The predicted molar refractivity (Wildman–Crippen MR) is 110 cm³/mol. The highest BCUT2D eigenvalue weighted by molar-refractivity contribution is 7.92. The van der Waals surface area contributed by atoms with E-state index in [1.54, 1.807) is 0 Å². The fraction of sp³-hybridized carbons (Fsp3) is 0.100. The number of carboxylic acids is 1. The molecule has 0 radical (unpaired) electrons. The van der Waals surface area contributed by atoms with Gasteiger partial charge in [-0.2, -0.15) is 8.42 Å². The third-order valence-corrected chi connectivity index (χ3v) is 6.04. The van der Waals surface area contributed by atoms with Crippen molar-refractivity contribution in [1.29, 1.82) is 0 Å². The standard InChI is InChI=1S/C20H15FN2O5S2/c1-12-3-5-13(6-4-12)7-8-18-22-19(11-29-18)30(26,27)23-16-10-15(21)14(20(24)25)9-17(16)28-2/h3-6,9-11,23H,1-2H3,(H,24,25). The molecule has 30 heavy (non-hydrogen) atoms. The summed E-state index contributed by atoms with van der Waals surface area (Å²) in [4.78, 5) is 15.0. The number of ether oxygens (including phenoxy) is 1. The molecule has 0 aliphatic rings. The zero-order valence-corrected chi connectivity index (χ0v) is 17.4. The minimum absolute atomic E-state index is 0.146. The van der Waals surface area contributed by atoms with Gasteiger partial charge in [-0.1, -0.05) is 23.6 Å². The Bertz CT molecular complexity index is 1270. The SMILES string of the molecule is COc1cc(C(=O)O)c(F)cc1NS(=O)(=O)c1csc(C#Cc2ccc(C)cc2)n1. The molecule has 0 atom stereocenters. The van der Waals surface area contributed by atoms with E-state index in [0.29, 0.717) is 0 Å². The molecule has 0 aliphatic heterocycles. The number of aromatic nitrogens is 1. The molecule has 2 aromatic carbocycles. The Labute approximate surface area is 176 Å². The largest absolute Gasteiger partial charge is 0.495 e. The average molecular weight is 446 g/mol. The van der Waals surface area contributed by atoms with Crippen molar-refractivity contribution in [2.75, 3.05) is 11.8 Å². The molecule has 0 aliphatic carbocycles. The number of hydrogen-bond donors (Lipinski definition) is 2. The molecule has 2 N–H and O–H groups in total. The minimum atomic E-state index is -4.18. The lowest BCUT2D eigenvalue weighted by Crippen LogP contribution is -2.15. The van der Waals surface area contributed by atoms with E-state index >= 15 is 0 Å². The number of anilines is 1. The highest BCUT2D eigenvalue weighted by Crippen LogP contribution is 2.30. The van der Waals surface area contributed by atoms with Crippen molar-refractivity contribution in [3.8, 4) is 17.6 Å². The Morgan fingerprint density at radius 3 is 2.57 bits per heavy atom. The summed E-state index contributed by atoms with van der Waals surface area (Å²) in [7, 11) is -2.97.